The van der Waals surface area contributed by atoms with E-state index in [1.807, 2.05) is 25.1 Å². The Balaban J connectivity index is 2.30. The van der Waals surface area contributed by atoms with E-state index in [4.69, 9.17) is 5.73 Å². The van der Waals surface area contributed by atoms with Crippen molar-refractivity contribution in [2.75, 3.05) is 18.0 Å². The van der Waals surface area contributed by atoms with Gasteiger partial charge in [-0.05, 0) is 31.4 Å². The molecule has 0 aliphatic carbocycles. The highest BCUT2D eigenvalue weighted by atomic mass is 16.2. The predicted molar refractivity (Wildman–Crippen MR) is 83.3 cm³/mol. The molecular weight excluding hydrogens is 282 g/mol. The monoisotopic (exact) mass is 303 g/mol. The van der Waals surface area contributed by atoms with E-state index in [2.05, 4.69) is 5.32 Å². The number of aldehydes is 1. The van der Waals surface area contributed by atoms with Gasteiger partial charge < -0.3 is 20.7 Å². The van der Waals surface area contributed by atoms with Gasteiger partial charge in [-0.25, -0.2) is 0 Å². The number of nitrogens with two attached hydrogens (primary N) is 1. The number of nitrogens with zero attached hydrogens (tertiary/aromatic N) is 1. The summed E-state index contributed by atoms with van der Waals surface area (Å²) < 4.78 is 0. The number of carbonyl (C=O) groups is 3. The summed E-state index contributed by atoms with van der Waals surface area (Å²) in [4.78, 5) is 37.0. The molecule has 6 nitrogen and oxygen atoms in total. The third-order valence-electron chi connectivity index (χ3n) is 4.00. The second-order valence-corrected chi connectivity index (χ2v) is 5.47. The van der Waals surface area contributed by atoms with Crippen molar-refractivity contribution in [1.29, 1.82) is 0 Å². The summed E-state index contributed by atoms with van der Waals surface area (Å²) in [6.07, 6.45) is 1.72. The smallest absolute Gasteiger partial charge is 0.241 e. The molecule has 1 aromatic carbocycles. The van der Waals surface area contributed by atoms with Crippen LogP contribution in [0.4, 0.5) is 5.69 Å². The van der Waals surface area contributed by atoms with E-state index in [-0.39, 0.29) is 24.3 Å². The van der Waals surface area contributed by atoms with Crippen molar-refractivity contribution in [2.24, 2.45) is 11.7 Å². The number of aryl methyl sites for hydroxylation is 1. The lowest BCUT2D eigenvalue weighted by Gasteiger charge is -2.30. The van der Waals surface area contributed by atoms with Crippen LogP contribution in [0.25, 0.3) is 0 Å². The molecule has 6 heteroatoms. The number of amides is 2. The van der Waals surface area contributed by atoms with E-state index in [0.717, 1.165) is 11.8 Å². The molecule has 0 saturated carbocycles. The lowest BCUT2D eigenvalue weighted by Crippen LogP contribution is -2.46. The van der Waals surface area contributed by atoms with Gasteiger partial charge in [0.05, 0.1) is 12.6 Å². The standard InChI is InChI=1S/C16H21N3O3/c1-11-4-2-3-5-14(11)19(15(21)9-17)13(10-20)8-12-6-7-18-16(12)22/h2-5,10,12-13H,6-9,17H2,1H3,(H,18,22)/t12-,13?/m0/s1. The van der Waals surface area contributed by atoms with Crippen molar-refractivity contribution in [2.45, 2.75) is 25.8 Å². The molecule has 1 aromatic rings. The van der Waals surface area contributed by atoms with Crippen molar-refractivity contribution in [3.05, 3.63) is 29.8 Å². The lowest BCUT2D eigenvalue weighted by atomic mass is 9.97. The zero-order valence-electron chi connectivity index (χ0n) is 12.6. The van der Waals surface area contributed by atoms with Crippen LogP contribution in [0.5, 0.6) is 0 Å². The highest BCUT2D eigenvalue weighted by Crippen LogP contribution is 2.26. The maximum Gasteiger partial charge on any atom is 0.241 e. The van der Waals surface area contributed by atoms with Crippen molar-refractivity contribution in [1.82, 2.24) is 5.32 Å². The number of rotatable bonds is 6. The van der Waals surface area contributed by atoms with Gasteiger partial charge in [-0.2, -0.15) is 0 Å². The Morgan fingerprint density at radius 2 is 2.23 bits per heavy atom. The van der Waals surface area contributed by atoms with Crippen LogP contribution in [0.2, 0.25) is 0 Å². The Morgan fingerprint density at radius 1 is 1.50 bits per heavy atom. The molecule has 0 spiro atoms. The summed E-state index contributed by atoms with van der Waals surface area (Å²) >= 11 is 0. The predicted octanol–water partition coefficient (Wildman–Crippen LogP) is 0.380. The van der Waals surface area contributed by atoms with Crippen LogP contribution in [0, 0.1) is 12.8 Å². The molecule has 2 rings (SSSR count). The molecule has 1 saturated heterocycles. The topological polar surface area (TPSA) is 92.5 Å². The van der Waals surface area contributed by atoms with Gasteiger partial charge in [0.15, 0.2) is 0 Å². The Morgan fingerprint density at radius 3 is 2.77 bits per heavy atom. The second-order valence-electron chi connectivity index (χ2n) is 5.47. The highest BCUT2D eigenvalue weighted by Gasteiger charge is 2.32. The number of anilines is 1. The quantitative estimate of drug-likeness (QED) is 0.743. The molecule has 1 fully saturated rings. The van der Waals surface area contributed by atoms with Crippen LogP contribution in [-0.4, -0.2) is 37.2 Å². The molecule has 2 amide bonds. The summed E-state index contributed by atoms with van der Waals surface area (Å²) in [7, 11) is 0. The number of nitrogens with one attached hydrogen (secondary N) is 1. The first-order valence-corrected chi connectivity index (χ1v) is 7.39. The van der Waals surface area contributed by atoms with Gasteiger partial charge in [0.1, 0.15) is 6.29 Å². The van der Waals surface area contributed by atoms with E-state index in [1.165, 1.54) is 4.90 Å². The summed E-state index contributed by atoms with van der Waals surface area (Å²) in [6, 6.07) is 6.64. The SMILES string of the molecule is Cc1ccccc1N(C(=O)CN)C(C=O)C[C@@H]1CCNC1=O. The minimum absolute atomic E-state index is 0.0585. The molecule has 3 N–H and O–H groups in total. The molecule has 1 heterocycles. The molecule has 2 atom stereocenters. The van der Waals surface area contributed by atoms with Crippen LogP contribution < -0.4 is 16.0 Å². The largest absolute Gasteiger partial charge is 0.356 e. The van der Waals surface area contributed by atoms with E-state index >= 15 is 0 Å². The number of carbonyl (C=O) groups excluding carboxylic acids is 3. The Labute approximate surface area is 129 Å². The van der Waals surface area contributed by atoms with Gasteiger partial charge in [-0.15, -0.1) is 0 Å². The Kier molecular flexibility index (Phi) is 5.27. The fraction of sp³-hybridized carbons (Fsp3) is 0.438. The molecule has 118 valence electrons. The number of hydrogen-bond acceptors (Lipinski definition) is 4. The molecule has 1 unspecified atom stereocenters. The van der Waals surface area contributed by atoms with E-state index < -0.39 is 6.04 Å². The number of benzene rings is 1. The fourth-order valence-electron chi connectivity index (χ4n) is 2.81. The van der Waals surface area contributed by atoms with Crippen LogP contribution in [0.15, 0.2) is 24.3 Å². The van der Waals surface area contributed by atoms with Crippen molar-refractivity contribution in [3.63, 3.8) is 0 Å². The summed E-state index contributed by atoms with van der Waals surface area (Å²) in [5.41, 5.74) is 7.04. The molecule has 0 radical (unpaired) electrons. The van der Waals surface area contributed by atoms with Crippen molar-refractivity contribution >= 4 is 23.8 Å². The maximum atomic E-state index is 12.3. The molecule has 0 bridgehead atoms. The van der Waals surface area contributed by atoms with Crippen LogP contribution in [0.3, 0.4) is 0 Å². The van der Waals surface area contributed by atoms with E-state index in [9.17, 15) is 14.4 Å². The first-order chi connectivity index (χ1) is 10.6. The van der Waals surface area contributed by atoms with Gasteiger partial charge in [-0.3, -0.25) is 9.59 Å². The van der Waals surface area contributed by atoms with Crippen LogP contribution >= 0.6 is 0 Å². The number of para-hydroxylation sites is 1. The van der Waals surface area contributed by atoms with Gasteiger partial charge in [0, 0.05) is 18.2 Å². The average molecular weight is 303 g/mol. The third-order valence-corrected chi connectivity index (χ3v) is 4.00. The molecule has 22 heavy (non-hydrogen) atoms. The third kappa shape index (κ3) is 3.33. The highest BCUT2D eigenvalue weighted by molar-refractivity contribution is 5.99. The number of hydrogen-bond donors (Lipinski definition) is 2. The molecule has 1 aliphatic rings. The van der Waals surface area contributed by atoms with Crippen molar-refractivity contribution in [3.8, 4) is 0 Å². The van der Waals surface area contributed by atoms with Gasteiger partial charge in [-0.1, -0.05) is 18.2 Å². The van der Waals surface area contributed by atoms with Crippen LogP contribution in [0.1, 0.15) is 18.4 Å². The summed E-state index contributed by atoms with van der Waals surface area (Å²) in [5, 5.41) is 2.75. The molecule has 0 aromatic heterocycles. The van der Waals surface area contributed by atoms with Gasteiger partial charge in [0.25, 0.3) is 0 Å². The molecular formula is C16H21N3O3. The van der Waals surface area contributed by atoms with Crippen molar-refractivity contribution < 1.29 is 14.4 Å². The Hall–Kier alpha value is -2.21. The maximum absolute atomic E-state index is 12.3. The molecule has 1 aliphatic heterocycles. The first kappa shape index (κ1) is 16.2. The minimum Gasteiger partial charge on any atom is -0.356 e. The lowest BCUT2D eigenvalue weighted by molar-refractivity contribution is -0.124. The minimum atomic E-state index is -0.689. The van der Waals surface area contributed by atoms with Crippen LogP contribution in [-0.2, 0) is 14.4 Å². The average Bonchev–Trinajstić information content (AvgIpc) is 2.93. The fourth-order valence-corrected chi connectivity index (χ4v) is 2.81. The van der Waals surface area contributed by atoms with E-state index in [0.29, 0.717) is 25.1 Å². The normalized spacial score (nSPS) is 18.6. The van der Waals surface area contributed by atoms with E-state index in [1.54, 1.807) is 6.07 Å². The second kappa shape index (κ2) is 7.17. The first-order valence-electron chi connectivity index (χ1n) is 7.39. The van der Waals surface area contributed by atoms with Gasteiger partial charge in [0.2, 0.25) is 11.8 Å². The summed E-state index contributed by atoms with van der Waals surface area (Å²) in [6.45, 7) is 2.30. The summed E-state index contributed by atoms with van der Waals surface area (Å²) in [5.74, 6) is -0.631. The van der Waals surface area contributed by atoms with Gasteiger partial charge >= 0.3 is 0 Å². The Bertz CT molecular complexity index is 574. The zero-order valence-corrected chi connectivity index (χ0v) is 12.6. The zero-order chi connectivity index (χ0) is 16.1.